The number of aryl methyl sites for hydroxylation is 1. The minimum Gasteiger partial charge on any atom is -0.338 e. The van der Waals surface area contributed by atoms with E-state index < -0.39 is 0 Å². The van der Waals surface area contributed by atoms with Crippen LogP contribution in [-0.2, 0) is 13.5 Å². The smallest absolute Gasteiger partial charge is 0.254 e. The number of pyridine rings is 2. The third-order valence-electron chi connectivity index (χ3n) is 6.19. The Morgan fingerprint density at radius 1 is 1.09 bits per heavy atom. The van der Waals surface area contributed by atoms with Crippen LogP contribution < -0.4 is 0 Å². The number of hydrogen-bond acceptors (Lipinski definition) is 4. The maximum atomic E-state index is 13.3. The molecule has 166 valence electrons. The summed E-state index contributed by atoms with van der Waals surface area (Å²) in [6, 6.07) is 20.3. The van der Waals surface area contributed by atoms with Gasteiger partial charge < -0.3 is 4.90 Å². The van der Waals surface area contributed by atoms with E-state index in [4.69, 9.17) is 4.98 Å². The highest BCUT2D eigenvalue weighted by Gasteiger charge is 2.26. The summed E-state index contributed by atoms with van der Waals surface area (Å²) in [5.74, 6) is 0.297. The van der Waals surface area contributed by atoms with E-state index in [0.29, 0.717) is 12.1 Å². The van der Waals surface area contributed by atoms with Gasteiger partial charge in [0.25, 0.3) is 5.91 Å². The molecule has 0 unspecified atom stereocenters. The van der Waals surface area contributed by atoms with E-state index in [1.165, 1.54) is 5.56 Å². The topological polar surface area (TPSA) is 63.9 Å². The maximum absolute atomic E-state index is 13.3. The van der Waals surface area contributed by atoms with Gasteiger partial charge in [-0.2, -0.15) is 5.10 Å². The van der Waals surface area contributed by atoms with E-state index in [2.05, 4.69) is 52.5 Å². The summed E-state index contributed by atoms with van der Waals surface area (Å²) in [6.45, 7) is 1.45. The zero-order chi connectivity index (χ0) is 22.6. The minimum atomic E-state index is 0.0488. The Kier molecular flexibility index (Phi) is 5.98. The van der Waals surface area contributed by atoms with Gasteiger partial charge in [0.2, 0.25) is 0 Å². The molecule has 5 rings (SSSR count). The standard InChI is InChI=1S/C27H27N5O/c1-31-18-23(17-29-31)26-16-21(12-13-28-26)27(33)32-14-6-9-22(19-32)25-11-5-10-24(30-25)15-20-7-3-2-4-8-20/h2-5,7-8,10-13,16-18,22H,6,9,14-15,19H2,1H3/t22-/m1/s1. The lowest BCUT2D eigenvalue weighted by molar-refractivity contribution is 0.0706. The molecule has 6 nitrogen and oxygen atoms in total. The predicted octanol–water partition coefficient (Wildman–Crippen LogP) is 4.49. The van der Waals surface area contributed by atoms with Crippen molar-refractivity contribution in [2.24, 2.45) is 7.05 Å². The number of carbonyl (C=O) groups is 1. The first-order valence-corrected chi connectivity index (χ1v) is 11.4. The third kappa shape index (κ3) is 4.85. The number of aromatic nitrogens is 4. The van der Waals surface area contributed by atoms with Crippen LogP contribution in [0.1, 0.15) is 46.1 Å². The van der Waals surface area contributed by atoms with Crippen molar-refractivity contribution >= 4 is 5.91 Å². The number of hydrogen-bond donors (Lipinski definition) is 0. The predicted molar refractivity (Wildman–Crippen MR) is 128 cm³/mol. The molecule has 1 amide bonds. The normalized spacial score (nSPS) is 16.0. The van der Waals surface area contributed by atoms with Crippen LogP contribution in [0.4, 0.5) is 0 Å². The van der Waals surface area contributed by atoms with E-state index >= 15 is 0 Å². The number of benzene rings is 1. The SMILES string of the molecule is Cn1cc(-c2cc(C(=O)N3CCC[C@@H](c4cccc(Cc5ccccc5)n4)C3)ccn2)cn1. The molecule has 4 aromatic rings. The maximum Gasteiger partial charge on any atom is 0.254 e. The highest BCUT2D eigenvalue weighted by Crippen LogP contribution is 2.27. The van der Waals surface area contributed by atoms with Gasteiger partial charge in [-0.3, -0.25) is 19.4 Å². The van der Waals surface area contributed by atoms with Crippen molar-refractivity contribution in [2.45, 2.75) is 25.2 Å². The van der Waals surface area contributed by atoms with Gasteiger partial charge in [-0.1, -0.05) is 36.4 Å². The first-order valence-electron chi connectivity index (χ1n) is 11.4. The summed E-state index contributed by atoms with van der Waals surface area (Å²) in [5.41, 5.74) is 5.73. The van der Waals surface area contributed by atoms with Crippen LogP contribution in [0.2, 0.25) is 0 Å². The van der Waals surface area contributed by atoms with E-state index in [1.54, 1.807) is 23.1 Å². The van der Waals surface area contributed by atoms with E-state index in [9.17, 15) is 4.79 Å². The Balaban J connectivity index is 1.31. The Morgan fingerprint density at radius 2 is 1.97 bits per heavy atom. The second-order valence-electron chi connectivity index (χ2n) is 8.64. The van der Waals surface area contributed by atoms with Crippen molar-refractivity contribution in [1.82, 2.24) is 24.6 Å². The molecule has 1 aliphatic heterocycles. The molecule has 6 heteroatoms. The molecule has 0 spiro atoms. The van der Waals surface area contributed by atoms with Gasteiger partial charge in [-0.05, 0) is 42.7 Å². The van der Waals surface area contributed by atoms with Crippen molar-refractivity contribution in [3.63, 3.8) is 0 Å². The molecular weight excluding hydrogens is 410 g/mol. The fourth-order valence-corrected chi connectivity index (χ4v) is 4.49. The third-order valence-corrected chi connectivity index (χ3v) is 6.19. The Hall–Kier alpha value is -3.80. The quantitative estimate of drug-likeness (QED) is 0.462. The molecule has 1 fully saturated rings. The molecular formula is C27H27N5O. The summed E-state index contributed by atoms with van der Waals surface area (Å²) in [7, 11) is 1.87. The summed E-state index contributed by atoms with van der Waals surface area (Å²) < 4.78 is 1.74. The van der Waals surface area contributed by atoms with Crippen LogP contribution in [-0.4, -0.2) is 43.6 Å². The summed E-state index contributed by atoms with van der Waals surface area (Å²) in [6.07, 6.45) is 8.21. The molecule has 1 aromatic carbocycles. The van der Waals surface area contributed by atoms with E-state index in [-0.39, 0.29) is 11.8 Å². The Morgan fingerprint density at radius 3 is 2.79 bits per heavy atom. The van der Waals surface area contributed by atoms with Crippen LogP contribution in [0.15, 0.2) is 79.3 Å². The number of carbonyl (C=O) groups excluding carboxylic acids is 1. The second-order valence-corrected chi connectivity index (χ2v) is 8.64. The molecule has 33 heavy (non-hydrogen) atoms. The molecule has 0 saturated carbocycles. The fraction of sp³-hybridized carbons (Fsp3) is 0.259. The number of nitrogens with zero attached hydrogens (tertiary/aromatic N) is 5. The molecule has 0 bridgehead atoms. The van der Waals surface area contributed by atoms with Gasteiger partial charge in [0, 0.05) is 67.4 Å². The summed E-state index contributed by atoms with van der Waals surface area (Å²) in [5, 5.41) is 4.21. The second kappa shape index (κ2) is 9.36. The molecule has 0 radical (unpaired) electrons. The van der Waals surface area contributed by atoms with Crippen LogP contribution in [0.3, 0.4) is 0 Å². The van der Waals surface area contributed by atoms with Crippen LogP contribution in [0, 0.1) is 0 Å². The lowest BCUT2D eigenvalue weighted by Gasteiger charge is -2.32. The van der Waals surface area contributed by atoms with Crippen molar-refractivity contribution in [2.75, 3.05) is 13.1 Å². The monoisotopic (exact) mass is 437 g/mol. The van der Waals surface area contributed by atoms with E-state index in [0.717, 1.165) is 48.5 Å². The molecule has 4 heterocycles. The number of rotatable bonds is 5. The molecule has 1 aliphatic rings. The zero-order valence-electron chi connectivity index (χ0n) is 18.8. The van der Waals surface area contributed by atoms with Crippen LogP contribution in [0.25, 0.3) is 11.3 Å². The average molecular weight is 438 g/mol. The average Bonchev–Trinajstić information content (AvgIpc) is 3.31. The zero-order valence-corrected chi connectivity index (χ0v) is 18.8. The molecule has 3 aromatic heterocycles. The van der Waals surface area contributed by atoms with Gasteiger partial charge in [0.15, 0.2) is 0 Å². The largest absolute Gasteiger partial charge is 0.338 e. The summed E-state index contributed by atoms with van der Waals surface area (Å²) in [4.78, 5) is 24.7. The Bertz CT molecular complexity index is 1250. The highest BCUT2D eigenvalue weighted by molar-refractivity contribution is 5.95. The molecule has 0 aliphatic carbocycles. The first-order chi connectivity index (χ1) is 16.2. The number of likely N-dealkylation sites (tertiary alicyclic amines) is 1. The molecule has 1 atom stereocenters. The van der Waals surface area contributed by atoms with Gasteiger partial charge in [-0.15, -0.1) is 0 Å². The molecule has 0 N–H and O–H groups in total. The van der Waals surface area contributed by atoms with Gasteiger partial charge >= 0.3 is 0 Å². The lowest BCUT2D eigenvalue weighted by Crippen LogP contribution is -2.39. The first kappa shape index (κ1) is 21.1. The van der Waals surface area contributed by atoms with Gasteiger partial charge in [0.1, 0.15) is 0 Å². The summed E-state index contributed by atoms with van der Waals surface area (Å²) >= 11 is 0. The number of piperidine rings is 1. The van der Waals surface area contributed by atoms with Gasteiger partial charge in [0.05, 0.1) is 11.9 Å². The van der Waals surface area contributed by atoms with E-state index in [1.807, 2.05) is 30.3 Å². The van der Waals surface area contributed by atoms with Crippen molar-refractivity contribution in [1.29, 1.82) is 0 Å². The van der Waals surface area contributed by atoms with Crippen LogP contribution in [0.5, 0.6) is 0 Å². The van der Waals surface area contributed by atoms with Crippen molar-refractivity contribution in [3.8, 4) is 11.3 Å². The lowest BCUT2D eigenvalue weighted by atomic mass is 9.93. The van der Waals surface area contributed by atoms with Gasteiger partial charge in [-0.25, -0.2) is 0 Å². The van der Waals surface area contributed by atoms with Crippen molar-refractivity contribution < 1.29 is 4.79 Å². The number of amides is 1. The highest BCUT2D eigenvalue weighted by atomic mass is 16.2. The minimum absolute atomic E-state index is 0.0488. The molecule has 1 saturated heterocycles. The fourth-order valence-electron chi connectivity index (χ4n) is 4.49. The van der Waals surface area contributed by atoms with Crippen LogP contribution >= 0.6 is 0 Å². The Labute approximate surface area is 193 Å². The van der Waals surface area contributed by atoms with Crippen molar-refractivity contribution in [3.05, 3.63) is 102 Å².